The molecule has 0 spiro atoms. The summed E-state index contributed by atoms with van der Waals surface area (Å²) in [7, 11) is 0. The van der Waals surface area contributed by atoms with Crippen molar-refractivity contribution >= 4 is 0 Å². The Morgan fingerprint density at radius 3 is 2.57 bits per heavy atom. The lowest BCUT2D eigenvalue weighted by Crippen LogP contribution is -2.50. The molecule has 1 nitrogen and oxygen atoms in total. The van der Waals surface area contributed by atoms with Crippen LogP contribution in [0.1, 0.15) is 106 Å². The van der Waals surface area contributed by atoms with E-state index in [1.807, 2.05) is 0 Å². The summed E-state index contributed by atoms with van der Waals surface area (Å²) in [6.07, 6.45) is 17.8. The Balaban J connectivity index is 1.51. The third-order valence-electron chi connectivity index (χ3n) is 10.7. The maximum atomic E-state index is 10.2. The summed E-state index contributed by atoms with van der Waals surface area (Å²) < 4.78 is 0. The van der Waals surface area contributed by atoms with Gasteiger partial charge in [-0.1, -0.05) is 64.8 Å². The fourth-order valence-corrected chi connectivity index (χ4v) is 8.91. The Morgan fingerprint density at radius 2 is 1.87 bits per heavy atom. The summed E-state index contributed by atoms with van der Waals surface area (Å²) >= 11 is 0. The summed E-state index contributed by atoms with van der Waals surface area (Å²) in [6.45, 7) is 14.8. The first-order valence-corrected chi connectivity index (χ1v) is 13.3. The van der Waals surface area contributed by atoms with Gasteiger partial charge in [0.1, 0.15) is 0 Å². The summed E-state index contributed by atoms with van der Waals surface area (Å²) in [6, 6.07) is 0. The summed E-state index contributed by atoms with van der Waals surface area (Å²) in [4.78, 5) is 0. The molecule has 3 saturated carbocycles. The van der Waals surface area contributed by atoms with Gasteiger partial charge in [0, 0.05) is 0 Å². The van der Waals surface area contributed by atoms with Crippen molar-refractivity contribution in [2.75, 3.05) is 0 Å². The average molecular weight is 413 g/mol. The molecule has 3 fully saturated rings. The molecule has 4 aliphatic rings. The van der Waals surface area contributed by atoms with Crippen molar-refractivity contribution in [1.82, 2.24) is 0 Å². The van der Waals surface area contributed by atoms with Crippen molar-refractivity contribution in [2.45, 2.75) is 112 Å². The topological polar surface area (TPSA) is 20.2 Å². The van der Waals surface area contributed by atoms with Crippen LogP contribution in [0.3, 0.4) is 0 Å². The molecule has 0 heterocycles. The van der Waals surface area contributed by atoms with Gasteiger partial charge in [-0.25, -0.2) is 0 Å². The number of rotatable bonds is 5. The molecule has 4 rings (SSSR count). The van der Waals surface area contributed by atoms with E-state index in [1.165, 1.54) is 51.4 Å². The predicted molar refractivity (Wildman–Crippen MR) is 128 cm³/mol. The Bertz CT molecular complexity index is 686. The van der Waals surface area contributed by atoms with Crippen LogP contribution in [-0.2, 0) is 0 Å². The largest absolute Gasteiger partial charge is 0.393 e. The number of aliphatic hydroxyl groups excluding tert-OH is 1. The van der Waals surface area contributed by atoms with E-state index < -0.39 is 0 Å². The zero-order chi connectivity index (χ0) is 21.7. The highest BCUT2D eigenvalue weighted by molar-refractivity contribution is 5.25. The molecule has 0 aromatic carbocycles. The Morgan fingerprint density at radius 1 is 1.10 bits per heavy atom. The lowest BCUT2D eigenvalue weighted by Gasteiger charge is -2.58. The molecule has 1 N–H and O–H groups in total. The molecule has 0 amide bonds. The SMILES string of the molecule is CC/C(=C\C[C@@H](C)[C@H]1CC[C@H]2[C@@H]3CC=C4C[C@@H](O)CC[C@]4(C)[C@H]3CC[C@]12C)C(C)C. The zero-order valence-corrected chi connectivity index (χ0v) is 20.7. The Hall–Kier alpha value is -0.560. The van der Waals surface area contributed by atoms with Crippen LogP contribution in [0.25, 0.3) is 0 Å². The number of allylic oxidation sites excluding steroid dienone is 3. The predicted octanol–water partition coefficient (Wildman–Crippen LogP) is 7.94. The van der Waals surface area contributed by atoms with Crippen molar-refractivity contribution in [1.29, 1.82) is 0 Å². The number of hydrogen-bond acceptors (Lipinski definition) is 1. The van der Waals surface area contributed by atoms with Gasteiger partial charge in [0.2, 0.25) is 0 Å². The van der Waals surface area contributed by atoms with Gasteiger partial charge in [-0.2, -0.15) is 0 Å². The molecule has 0 radical (unpaired) electrons. The maximum Gasteiger partial charge on any atom is 0.0577 e. The molecule has 30 heavy (non-hydrogen) atoms. The van der Waals surface area contributed by atoms with Crippen LogP contribution in [0, 0.1) is 46.3 Å². The summed E-state index contributed by atoms with van der Waals surface area (Å²) in [5.41, 5.74) is 4.19. The first-order chi connectivity index (χ1) is 14.2. The molecule has 170 valence electrons. The lowest BCUT2D eigenvalue weighted by atomic mass is 9.47. The molecule has 1 heteroatoms. The van der Waals surface area contributed by atoms with Gasteiger partial charge in [-0.15, -0.1) is 0 Å². The maximum absolute atomic E-state index is 10.2. The molecule has 8 atom stereocenters. The van der Waals surface area contributed by atoms with Crippen LogP contribution < -0.4 is 0 Å². The first-order valence-electron chi connectivity index (χ1n) is 13.3. The molecule has 0 saturated heterocycles. The summed E-state index contributed by atoms with van der Waals surface area (Å²) in [5, 5.41) is 10.2. The molecule has 4 aliphatic carbocycles. The standard InChI is InChI=1S/C29H48O/c1-7-21(19(2)3)9-8-20(4)25-12-13-26-24-11-10-22-18-23(30)14-16-28(22,5)27(24)15-17-29(25,26)6/h9-10,19-20,23-27,30H,7-8,11-18H2,1-6H3/b21-9+/t20-,23+,24+,25-,26+,27+,28+,29-/m1/s1. The minimum atomic E-state index is -0.0849. The molecule has 0 aromatic heterocycles. The van der Waals surface area contributed by atoms with E-state index in [0.29, 0.717) is 16.7 Å². The minimum absolute atomic E-state index is 0.0849. The number of aliphatic hydroxyl groups is 1. The third kappa shape index (κ3) is 3.66. The van der Waals surface area contributed by atoms with Crippen LogP contribution in [-0.4, -0.2) is 11.2 Å². The van der Waals surface area contributed by atoms with E-state index in [9.17, 15) is 5.11 Å². The van der Waals surface area contributed by atoms with E-state index in [1.54, 1.807) is 11.1 Å². The van der Waals surface area contributed by atoms with E-state index in [2.05, 4.69) is 53.7 Å². The quantitative estimate of drug-likeness (QED) is 0.454. The molecule has 0 bridgehead atoms. The third-order valence-corrected chi connectivity index (χ3v) is 10.7. The molecular weight excluding hydrogens is 364 g/mol. The van der Waals surface area contributed by atoms with Crippen molar-refractivity contribution < 1.29 is 5.11 Å². The van der Waals surface area contributed by atoms with Crippen LogP contribution >= 0.6 is 0 Å². The fraction of sp³-hybridized carbons (Fsp3) is 0.862. The average Bonchev–Trinajstić information content (AvgIpc) is 3.06. The molecule has 0 aromatic rings. The second-order valence-corrected chi connectivity index (χ2v) is 12.4. The van der Waals surface area contributed by atoms with Gasteiger partial charge in [-0.3, -0.25) is 0 Å². The normalized spacial score (nSPS) is 44.9. The van der Waals surface area contributed by atoms with Crippen LogP contribution in [0.2, 0.25) is 0 Å². The Kier molecular flexibility index (Phi) is 6.35. The van der Waals surface area contributed by atoms with Gasteiger partial charge in [0.05, 0.1) is 6.10 Å². The second-order valence-electron chi connectivity index (χ2n) is 12.4. The summed E-state index contributed by atoms with van der Waals surface area (Å²) in [5.74, 6) is 5.09. The van der Waals surface area contributed by atoms with Crippen molar-refractivity contribution in [2.24, 2.45) is 46.3 Å². The van der Waals surface area contributed by atoms with Crippen LogP contribution in [0.15, 0.2) is 23.3 Å². The molecular formula is C29H48O. The molecule has 0 aliphatic heterocycles. The fourth-order valence-electron chi connectivity index (χ4n) is 8.91. The van der Waals surface area contributed by atoms with Gasteiger partial charge in [-0.05, 0) is 111 Å². The van der Waals surface area contributed by atoms with Gasteiger partial charge in [0.25, 0.3) is 0 Å². The van der Waals surface area contributed by atoms with Crippen LogP contribution in [0.5, 0.6) is 0 Å². The van der Waals surface area contributed by atoms with E-state index in [0.717, 1.165) is 42.4 Å². The highest BCUT2D eigenvalue weighted by Gasteiger charge is 2.59. The van der Waals surface area contributed by atoms with E-state index in [-0.39, 0.29) is 6.10 Å². The minimum Gasteiger partial charge on any atom is -0.393 e. The van der Waals surface area contributed by atoms with Crippen LogP contribution in [0.4, 0.5) is 0 Å². The van der Waals surface area contributed by atoms with Crippen molar-refractivity contribution in [3.8, 4) is 0 Å². The van der Waals surface area contributed by atoms with Gasteiger partial charge < -0.3 is 5.11 Å². The number of fused-ring (bicyclic) bond motifs is 5. The highest BCUT2D eigenvalue weighted by Crippen LogP contribution is 2.67. The van der Waals surface area contributed by atoms with Gasteiger partial charge in [0.15, 0.2) is 0 Å². The van der Waals surface area contributed by atoms with Crippen molar-refractivity contribution in [3.05, 3.63) is 23.3 Å². The second kappa shape index (κ2) is 8.42. The smallest absolute Gasteiger partial charge is 0.0577 e. The highest BCUT2D eigenvalue weighted by atomic mass is 16.3. The monoisotopic (exact) mass is 412 g/mol. The number of hydrogen-bond donors (Lipinski definition) is 1. The van der Waals surface area contributed by atoms with E-state index >= 15 is 0 Å². The zero-order valence-electron chi connectivity index (χ0n) is 20.7. The van der Waals surface area contributed by atoms with Gasteiger partial charge >= 0.3 is 0 Å². The first kappa shape index (κ1) is 22.6. The lowest BCUT2D eigenvalue weighted by molar-refractivity contribution is -0.0565. The molecule has 0 unspecified atom stereocenters. The Labute approximate surface area is 186 Å². The van der Waals surface area contributed by atoms with Crippen molar-refractivity contribution in [3.63, 3.8) is 0 Å². The van der Waals surface area contributed by atoms with E-state index in [4.69, 9.17) is 0 Å².